The Hall–Kier alpha value is -2.71. The maximum Gasteiger partial charge on any atom is 0.335 e. The Morgan fingerprint density at radius 3 is 2.44 bits per heavy atom. The molecule has 27 heavy (non-hydrogen) atoms. The molecule has 0 bridgehead atoms. The van der Waals surface area contributed by atoms with Crippen molar-refractivity contribution in [2.45, 2.75) is 10.8 Å². The number of amides is 1. The van der Waals surface area contributed by atoms with Crippen LogP contribution in [-0.2, 0) is 19.4 Å². The Kier molecular flexibility index (Phi) is 5.29. The molecule has 0 aromatic heterocycles. The number of benzene rings is 2. The summed E-state index contributed by atoms with van der Waals surface area (Å²) in [5.41, 5.74) is 0.890. The number of carboxylic acids is 1. The lowest BCUT2D eigenvalue weighted by Crippen LogP contribution is -2.27. The highest BCUT2D eigenvalue weighted by Gasteiger charge is 2.35. The largest absolute Gasteiger partial charge is 0.478 e. The van der Waals surface area contributed by atoms with Crippen molar-refractivity contribution in [2.24, 2.45) is 5.92 Å². The molecular formula is C19H19NO6S. The number of rotatable bonds is 5. The van der Waals surface area contributed by atoms with Gasteiger partial charge in [-0.15, -0.1) is 0 Å². The van der Waals surface area contributed by atoms with Crippen LogP contribution < -0.4 is 5.32 Å². The molecule has 1 fully saturated rings. The Labute approximate surface area is 156 Å². The lowest BCUT2D eigenvalue weighted by molar-refractivity contribution is -0.120. The number of anilines is 1. The normalized spacial score (nSPS) is 19.6. The van der Waals surface area contributed by atoms with E-state index in [0.717, 1.165) is 17.9 Å². The van der Waals surface area contributed by atoms with E-state index in [1.165, 1.54) is 12.1 Å². The van der Waals surface area contributed by atoms with Gasteiger partial charge in [0.25, 0.3) is 0 Å². The van der Waals surface area contributed by atoms with Gasteiger partial charge in [0.1, 0.15) is 0 Å². The molecule has 1 aliphatic rings. The Balaban J connectivity index is 1.87. The van der Waals surface area contributed by atoms with E-state index in [2.05, 4.69) is 5.32 Å². The third-order valence-corrected chi connectivity index (χ3v) is 5.59. The van der Waals surface area contributed by atoms with Crippen LogP contribution in [0.4, 0.5) is 5.69 Å². The first-order valence-electron chi connectivity index (χ1n) is 8.27. The van der Waals surface area contributed by atoms with E-state index < -0.39 is 21.7 Å². The third-order valence-electron chi connectivity index (χ3n) is 4.49. The van der Waals surface area contributed by atoms with Crippen LogP contribution in [0.3, 0.4) is 0 Å². The number of carboxylic acid groups (broad SMARTS) is 1. The second-order valence-electron chi connectivity index (χ2n) is 6.47. The summed E-state index contributed by atoms with van der Waals surface area (Å²) >= 11 is 0. The summed E-state index contributed by atoms with van der Waals surface area (Å²) < 4.78 is 29.1. The van der Waals surface area contributed by atoms with E-state index in [1.807, 2.05) is 30.3 Å². The zero-order chi connectivity index (χ0) is 19.6. The van der Waals surface area contributed by atoms with Crippen LogP contribution in [-0.4, -0.2) is 44.9 Å². The van der Waals surface area contributed by atoms with Crippen LogP contribution >= 0.6 is 0 Å². The Bertz CT molecular complexity index is 971. The van der Waals surface area contributed by atoms with E-state index in [9.17, 15) is 23.1 Å². The molecule has 2 aromatic carbocycles. The molecule has 0 aliphatic carbocycles. The van der Waals surface area contributed by atoms with Gasteiger partial charge in [0.15, 0.2) is 9.84 Å². The smallest absolute Gasteiger partial charge is 0.335 e. The average Bonchev–Trinajstić information content (AvgIpc) is 3.11. The predicted molar refractivity (Wildman–Crippen MR) is 98.6 cm³/mol. The monoisotopic (exact) mass is 389 g/mol. The van der Waals surface area contributed by atoms with E-state index in [4.69, 9.17) is 4.74 Å². The van der Waals surface area contributed by atoms with Gasteiger partial charge in [0, 0.05) is 17.9 Å². The molecule has 0 radical (unpaired) electrons. The number of hydrogen-bond donors (Lipinski definition) is 2. The fourth-order valence-corrected chi connectivity index (χ4v) is 3.77. The average molecular weight is 389 g/mol. The number of nitrogens with one attached hydrogen (secondary N) is 1. The number of ether oxygens (including phenoxy) is 1. The molecule has 1 amide bonds. The highest BCUT2D eigenvalue weighted by molar-refractivity contribution is 7.90. The SMILES string of the molecule is CS(=O)(=O)c1cc(NC(=O)C2COCC2c2ccccc2)cc(C(=O)O)c1. The summed E-state index contributed by atoms with van der Waals surface area (Å²) in [6, 6.07) is 13.1. The van der Waals surface area contributed by atoms with Crippen LogP contribution in [0.1, 0.15) is 21.8 Å². The summed E-state index contributed by atoms with van der Waals surface area (Å²) in [5, 5.41) is 11.9. The maximum absolute atomic E-state index is 12.8. The number of hydrogen-bond acceptors (Lipinski definition) is 5. The number of carbonyl (C=O) groups is 2. The summed E-state index contributed by atoms with van der Waals surface area (Å²) in [7, 11) is -3.63. The van der Waals surface area contributed by atoms with Crippen molar-refractivity contribution < 1.29 is 27.9 Å². The molecule has 1 aliphatic heterocycles. The van der Waals surface area contributed by atoms with Crippen LogP contribution in [0.15, 0.2) is 53.4 Å². The van der Waals surface area contributed by atoms with Gasteiger partial charge < -0.3 is 15.2 Å². The van der Waals surface area contributed by atoms with Crippen LogP contribution in [0.2, 0.25) is 0 Å². The van der Waals surface area contributed by atoms with Crippen molar-refractivity contribution in [1.29, 1.82) is 0 Å². The molecule has 2 atom stereocenters. The standard InChI is InChI=1S/C19H19NO6S/c1-27(24,25)15-8-13(19(22)23)7-14(9-15)20-18(21)17-11-26-10-16(17)12-5-3-2-4-6-12/h2-9,16-17H,10-11H2,1H3,(H,20,21)(H,22,23). The minimum absolute atomic E-state index is 0.122. The van der Waals surface area contributed by atoms with Crippen LogP contribution in [0.5, 0.6) is 0 Å². The van der Waals surface area contributed by atoms with E-state index in [-0.39, 0.29) is 34.6 Å². The van der Waals surface area contributed by atoms with Crippen molar-refractivity contribution >= 4 is 27.4 Å². The number of sulfone groups is 1. The Morgan fingerprint density at radius 2 is 1.81 bits per heavy atom. The zero-order valence-corrected chi connectivity index (χ0v) is 15.4. The Morgan fingerprint density at radius 1 is 1.11 bits per heavy atom. The molecule has 7 nitrogen and oxygen atoms in total. The van der Waals surface area contributed by atoms with Crippen molar-refractivity contribution in [3.63, 3.8) is 0 Å². The molecule has 1 saturated heterocycles. The van der Waals surface area contributed by atoms with Gasteiger partial charge in [-0.05, 0) is 23.8 Å². The summed E-state index contributed by atoms with van der Waals surface area (Å²) in [5.74, 6) is -2.20. The topological polar surface area (TPSA) is 110 Å². The van der Waals surface area contributed by atoms with Gasteiger partial charge in [-0.3, -0.25) is 4.79 Å². The summed E-state index contributed by atoms with van der Waals surface area (Å²) in [6.45, 7) is 0.648. The molecule has 0 spiro atoms. The van der Waals surface area contributed by atoms with Gasteiger partial charge in [-0.25, -0.2) is 13.2 Å². The van der Waals surface area contributed by atoms with Gasteiger partial charge in [0.05, 0.1) is 29.6 Å². The first-order valence-corrected chi connectivity index (χ1v) is 10.2. The molecule has 2 unspecified atom stereocenters. The zero-order valence-electron chi connectivity index (χ0n) is 14.6. The highest BCUT2D eigenvalue weighted by Crippen LogP contribution is 2.32. The third kappa shape index (κ3) is 4.35. The number of aromatic carboxylic acids is 1. The van der Waals surface area contributed by atoms with Crippen molar-refractivity contribution in [3.05, 3.63) is 59.7 Å². The molecule has 0 saturated carbocycles. The van der Waals surface area contributed by atoms with Gasteiger partial charge in [-0.1, -0.05) is 30.3 Å². The summed E-state index contributed by atoms with van der Waals surface area (Å²) in [4.78, 5) is 23.9. The fraction of sp³-hybridized carbons (Fsp3) is 0.263. The van der Waals surface area contributed by atoms with Gasteiger partial charge in [0.2, 0.25) is 5.91 Å². The molecule has 2 N–H and O–H groups in total. The molecule has 1 heterocycles. The first kappa shape index (κ1) is 19.1. The van der Waals surface area contributed by atoms with Crippen LogP contribution in [0, 0.1) is 5.92 Å². The van der Waals surface area contributed by atoms with Gasteiger partial charge >= 0.3 is 5.97 Å². The highest BCUT2D eigenvalue weighted by atomic mass is 32.2. The quantitative estimate of drug-likeness (QED) is 0.811. The molecule has 8 heteroatoms. The second-order valence-corrected chi connectivity index (χ2v) is 8.49. The lowest BCUT2D eigenvalue weighted by Gasteiger charge is -2.18. The van der Waals surface area contributed by atoms with Crippen molar-refractivity contribution in [1.82, 2.24) is 0 Å². The van der Waals surface area contributed by atoms with E-state index in [0.29, 0.717) is 6.61 Å². The minimum atomic E-state index is -3.63. The van der Waals surface area contributed by atoms with Crippen LogP contribution in [0.25, 0.3) is 0 Å². The maximum atomic E-state index is 12.8. The molecule has 142 valence electrons. The van der Waals surface area contributed by atoms with Gasteiger partial charge in [-0.2, -0.15) is 0 Å². The summed E-state index contributed by atoms with van der Waals surface area (Å²) in [6.07, 6.45) is 0.982. The first-order chi connectivity index (χ1) is 12.8. The van der Waals surface area contributed by atoms with E-state index >= 15 is 0 Å². The molecular weight excluding hydrogens is 370 g/mol. The fourth-order valence-electron chi connectivity index (χ4n) is 3.09. The van der Waals surface area contributed by atoms with E-state index in [1.54, 1.807) is 0 Å². The molecule has 3 rings (SSSR count). The predicted octanol–water partition coefficient (Wildman–Crippen LogP) is 2.16. The molecule has 2 aromatic rings. The minimum Gasteiger partial charge on any atom is -0.478 e. The number of carbonyl (C=O) groups excluding carboxylic acids is 1. The second kappa shape index (κ2) is 7.50. The van der Waals surface area contributed by atoms with Crippen molar-refractivity contribution in [2.75, 3.05) is 24.8 Å². The lowest BCUT2D eigenvalue weighted by atomic mass is 9.88. The van der Waals surface area contributed by atoms with Crippen molar-refractivity contribution in [3.8, 4) is 0 Å².